The summed E-state index contributed by atoms with van der Waals surface area (Å²) in [7, 11) is 0. The van der Waals surface area contributed by atoms with E-state index in [-0.39, 0.29) is 17.4 Å². The third kappa shape index (κ3) is 2.45. The zero-order chi connectivity index (χ0) is 13.1. The molecule has 0 saturated heterocycles. The van der Waals surface area contributed by atoms with Crippen molar-refractivity contribution in [1.29, 1.82) is 0 Å². The molecule has 0 radical (unpaired) electrons. The predicted octanol–water partition coefficient (Wildman–Crippen LogP) is 1.78. The second-order valence-electron chi connectivity index (χ2n) is 3.67. The molecule has 5 heteroatoms. The molecule has 0 bridgehead atoms. The maximum Gasteiger partial charge on any atom is 0.367 e. The number of carbonyl (C=O) groups is 2. The van der Waals surface area contributed by atoms with Crippen molar-refractivity contribution < 1.29 is 19.1 Å². The Morgan fingerprint density at radius 1 is 1.22 bits per heavy atom. The molecule has 0 aliphatic carbocycles. The second-order valence-corrected chi connectivity index (χ2v) is 3.67. The fourth-order valence-electron chi connectivity index (χ4n) is 1.50. The van der Waals surface area contributed by atoms with Gasteiger partial charge in [0.15, 0.2) is 5.70 Å². The molecule has 0 aromatic heterocycles. The van der Waals surface area contributed by atoms with Crippen LogP contribution >= 0.6 is 0 Å². The van der Waals surface area contributed by atoms with Crippen molar-refractivity contribution in [2.24, 2.45) is 4.99 Å². The normalized spacial score (nSPS) is 17.0. The van der Waals surface area contributed by atoms with Crippen LogP contribution in [0.2, 0.25) is 0 Å². The Balaban J connectivity index is 2.33. The summed E-state index contributed by atoms with van der Waals surface area (Å²) in [5.41, 5.74) is 0.709. The van der Waals surface area contributed by atoms with Crippen LogP contribution in [0, 0.1) is 0 Å². The van der Waals surface area contributed by atoms with Gasteiger partial charge < -0.3 is 9.47 Å². The van der Waals surface area contributed by atoms with Gasteiger partial charge in [-0.2, -0.15) is 0 Å². The van der Waals surface area contributed by atoms with Crippen molar-refractivity contribution in [1.82, 2.24) is 0 Å². The van der Waals surface area contributed by atoms with E-state index in [1.165, 1.54) is 13.8 Å². The quantitative estimate of drug-likeness (QED) is 0.452. The average molecular weight is 245 g/mol. The molecule has 92 valence electrons. The molecule has 1 aliphatic heterocycles. The lowest BCUT2D eigenvalue weighted by Crippen LogP contribution is -2.07. The molecule has 2 rings (SSSR count). The highest BCUT2D eigenvalue weighted by Gasteiger charge is 2.27. The van der Waals surface area contributed by atoms with E-state index in [2.05, 4.69) is 4.99 Å². The van der Waals surface area contributed by atoms with E-state index < -0.39 is 11.9 Å². The standard InChI is InChI=1S/C13H11NO4/c1-8(17-9(2)15)11-13(16)18-12(14-11)10-6-4-3-5-7-10/h3-7H,1-2H3. The van der Waals surface area contributed by atoms with Crippen molar-refractivity contribution in [3.05, 3.63) is 47.4 Å². The molecule has 0 unspecified atom stereocenters. The van der Waals surface area contributed by atoms with Crippen molar-refractivity contribution in [2.75, 3.05) is 0 Å². The maximum absolute atomic E-state index is 11.6. The van der Waals surface area contributed by atoms with Gasteiger partial charge >= 0.3 is 11.9 Å². The third-order valence-electron chi connectivity index (χ3n) is 2.25. The van der Waals surface area contributed by atoms with E-state index in [4.69, 9.17) is 9.47 Å². The van der Waals surface area contributed by atoms with E-state index in [1.807, 2.05) is 18.2 Å². The van der Waals surface area contributed by atoms with Crippen LogP contribution in [-0.4, -0.2) is 17.8 Å². The summed E-state index contributed by atoms with van der Waals surface area (Å²) < 4.78 is 9.85. The Kier molecular flexibility index (Phi) is 3.23. The van der Waals surface area contributed by atoms with Crippen molar-refractivity contribution in [2.45, 2.75) is 13.8 Å². The molecule has 1 aromatic carbocycles. The first-order chi connectivity index (χ1) is 8.58. The van der Waals surface area contributed by atoms with Crippen LogP contribution in [0.15, 0.2) is 46.8 Å². The van der Waals surface area contributed by atoms with Crippen molar-refractivity contribution >= 4 is 17.8 Å². The van der Waals surface area contributed by atoms with Crippen LogP contribution in [-0.2, 0) is 19.1 Å². The Labute approximate surface area is 104 Å². The fraction of sp³-hybridized carbons (Fsp3) is 0.154. The van der Waals surface area contributed by atoms with E-state index in [0.717, 1.165) is 0 Å². The minimum atomic E-state index is -0.618. The predicted molar refractivity (Wildman–Crippen MR) is 63.5 cm³/mol. The summed E-state index contributed by atoms with van der Waals surface area (Å²) in [5.74, 6) is -0.774. The molecule has 1 aromatic rings. The first kappa shape index (κ1) is 12.0. The lowest BCUT2D eigenvalue weighted by molar-refractivity contribution is -0.137. The van der Waals surface area contributed by atoms with E-state index in [9.17, 15) is 9.59 Å². The molecule has 0 fully saturated rings. The molecule has 18 heavy (non-hydrogen) atoms. The molecular formula is C13H11NO4. The van der Waals surface area contributed by atoms with Crippen molar-refractivity contribution in [3.8, 4) is 0 Å². The molecule has 0 N–H and O–H groups in total. The van der Waals surface area contributed by atoms with E-state index >= 15 is 0 Å². The van der Waals surface area contributed by atoms with E-state index in [0.29, 0.717) is 5.56 Å². The van der Waals surface area contributed by atoms with Gasteiger partial charge in [-0.05, 0) is 19.1 Å². The second kappa shape index (κ2) is 4.83. The first-order valence-corrected chi connectivity index (χ1v) is 5.33. The highest BCUT2D eigenvalue weighted by atomic mass is 16.6. The van der Waals surface area contributed by atoms with Crippen LogP contribution < -0.4 is 0 Å². The number of hydrogen-bond acceptors (Lipinski definition) is 5. The summed E-state index contributed by atoms with van der Waals surface area (Å²) >= 11 is 0. The smallest absolute Gasteiger partial charge is 0.367 e. The van der Waals surface area contributed by atoms with Crippen LogP contribution in [0.4, 0.5) is 0 Å². The molecular weight excluding hydrogens is 234 g/mol. The maximum atomic E-state index is 11.6. The number of benzene rings is 1. The number of hydrogen-bond donors (Lipinski definition) is 0. The molecule has 1 heterocycles. The Morgan fingerprint density at radius 2 is 1.89 bits per heavy atom. The van der Waals surface area contributed by atoms with Gasteiger partial charge in [0.1, 0.15) is 5.76 Å². The molecule has 0 spiro atoms. The number of ether oxygens (including phenoxy) is 2. The molecule has 5 nitrogen and oxygen atoms in total. The SMILES string of the molecule is CC(=O)OC(C)=C1N=C(c2ccccc2)OC1=O. The molecule has 1 aliphatic rings. The van der Waals surface area contributed by atoms with Gasteiger partial charge in [-0.1, -0.05) is 18.2 Å². The first-order valence-electron chi connectivity index (χ1n) is 5.33. The minimum Gasteiger partial charge on any atom is -0.429 e. The zero-order valence-electron chi connectivity index (χ0n) is 9.97. The van der Waals surface area contributed by atoms with Gasteiger partial charge in [0.05, 0.1) is 0 Å². The number of nitrogens with zero attached hydrogens (tertiary/aromatic N) is 1. The van der Waals surface area contributed by atoms with Gasteiger partial charge in [0, 0.05) is 12.5 Å². The topological polar surface area (TPSA) is 65.0 Å². The number of allylic oxidation sites excluding steroid dienone is 1. The van der Waals surface area contributed by atoms with Gasteiger partial charge in [0.2, 0.25) is 5.90 Å². The molecule has 0 atom stereocenters. The Hall–Kier alpha value is -2.43. The molecule has 0 amide bonds. The van der Waals surface area contributed by atoms with E-state index in [1.54, 1.807) is 12.1 Å². The largest absolute Gasteiger partial charge is 0.429 e. The number of esters is 2. The highest BCUT2D eigenvalue weighted by Crippen LogP contribution is 2.19. The monoisotopic (exact) mass is 245 g/mol. The zero-order valence-corrected chi connectivity index (χ0v) is 9.97. The summed E-state index contributed by atoms with van der Waals surface area (Å²) in [4.78, 5) is 26.4. The summed E-state index contributed by atoms with van der Waals surface area (Å²) in [6, 6.07) is 9.02. The summed E-state index contributed by atoms with van der Waals surface area (Å²) in [6.07, 6.45) is 0. The van der Waals surface area contributed by atoms with Crippen LogP contribution in [0.5, 0.6) is 0 Å². The minimum absolute atomic E-state index is 0.0176. The summed E-state index contributed by atoms with van der Waals surface area (Å²) in [6.45, 7) is 2.75. The number of aliphatic imine (C=N–C) groups is 1. The Morgan fingerprint density at radius 3 is 2.50 bits per heavy atom. The van der Waals surface area contributed by atoms with Crippen LogP contribution in [0.25, 0.3) is 0 Å². The van der Waals surface area contributed by atoms with Crippen LogP contribution in [0.1, 0.15) is 19.4 Å². The van der Waals surface area contributed by atoms with Crippen LogP contribution in [0.3, 0.4) is 0 Å². The van der Waals surface area contributed by atoms with Gasteiger partial charge in [0.25, 0.3) is 0 Å². The number of rotatable bonds is 2. The Bertz CT molecular complexity index is 558. The molecule has 0 saturated carbocycles. The third-order valence-corrected chi connectivity index (χ3v) is 2.25. The lowest BCUT2D eigenvalue weighted by Gasteiger charge is -2.00. The average Bonchev–Trinajstić information content (AvgIpc) is 2.72. The fourth-order valence-corrected chi connectivity index (χ4v) is 1.50. The summed E-state index contributed by atoms with van der Waals surface area (Å²) in [5, 5.41) is 0. The van der Waals surface area contributed by atoms with Gasteiger partial charge in [-0.15, -0.1) is 0 Å². The van der Waals surface area contributed by atoms with Crippen molar-refractivity contribution in [3.63, 3.8) is 0 Å². The number of carbonyl (C=O) groups excluding carboxylic acids is 2. The van der Waals surface area contributed by atoms with Gasteiger partial charge in [-0.3, -0.25) is 4.79 Å². The van der Waals surface area contributed by atoms with Gasteiger partial charge in [-0.25, -0.2) is 9.79 Å². The highest BCUT2D eigenvalue weighted by molar-refractivity contribution is 6.11. The number of cyclic esters (lactones) is 1. The lowest BCUT2D eigenvalue weighted by atomic mass is 10.2.